The number of carbonyl (C=O) groups excluding carboxylic acids is 1. The molecule has 0 spiro atoms. The Morgan fingerprint density at radius 2 is 1.79 bits per heavy atom. The first kappa shape index (κ1) is 17.8. The molecule has 1 aliphatic heterocycles. The highest BCUT2D eigenvalue weighted by molar-refractivity contribution is 6.09. The van der Waals surface area contributed by atoms with E-state index >= 15 is 0 Å². The Morgan fingerprint density at radius 3 is 2.62 bits per heavy atom. The second kappa shape index (κ2) is 6.96. The van der Waals surface area contributed by atoms with Crippen LogP contribution in [0.25, 0.3) is 21.8 Å². The molecule has 0 N–H and O–H groups in total. The average molecular weight is 384 g/mol. The number of ether oxygens (including phenoxy) is 1. The number of aryl methyl sites for hydroxylation is 2. The average Bonchev–Trinajstić information content (AvgIpc) is 3.05. The van der Waals surface area contributed by atoms with Gasteiger partial charge in [-0.05, 0) is 47.7 Å². The van der Waals surface area contributed by atoms with E-state index in [1.165, 1.54) is 38.5 Å². The highest BCUT2D eigenvalue weighted by Crippen LogP contribution is 2.35. The number of hydrogen-bond donors (Lipinski definition) is 0. The van der Waals surface area contributed by atoms with Crippen LogP contribution in [0.3, 0.4) is 0 Å². The van der Waals surface area contributed by atoms with E-state index in [9.17, 15) is 4.79 Å². The molecule has 0 fully saturated rings. The highest BCUT2D eigenvalue weighted by Gasteiger charge is 2.25. The molecule has 0 atom stereocenters. The maximum Gasteiger partial charge on any atom is 0.410 e. The van der Waals surface area contributed by atoms with Crippen LogP contribution in [0.4, 0.5) is 4.79 Å². The third-order valence-electron chi connectivity index (χ3n) is 6.12. The number of amides is 1. The molecule has 0 unspecified atom stereocenters. The fraction of sp³-hybridized carbons (Fsp3) is 0.240. The van der Waals surface area contributed by atoms with Gasteiger partial charge >= 0.3 is 6.09 Å². The SMILES string of the molecule is Cc1c2c(cc3c4ccccc4n(C)c13)CN(C(=O)OCc1ccccc1)CC2. The van der Waals surface area contributed by atoms with Gasteiger partial charge in [0.05, 0.1) is 5.52 Å². The Kier molecular flexibility index (Phi) is 4.27. The van der Waals surface area contributed by atoms with Crippen molar-refractivity contribution in [2.45, 2.75) is 26.5 Å². The first-order chi connectivity index (χ1) is 14.1. The van der Waals surface area contributed by atoms with Gasteiger partial charge in [-0.2, -0.15) is 0 Å². The maximum atomic E-state index is 12.6. The predicted molar refractivity (Wildman–Crippen MR) is 116 cm³/mol. The second-order valence-corrected chi connectivity index (χ2v) is 7.82. The standard InChI is InChI=1S/C25H24N2O2/c1-17-20-12-13-27(25(28)29-16-18-8-4-3-5-9-18)15-19(20)14-22-21-10-6-7-11-23(21)26(2)24(17)22/h3-11,14H,12-13,15-16H2,1-2H3. The van der Waals surface area contributed by atoms with Crippen LogP contribution in [-0.2, 0) is 31.4 Å². The van der Waals surface area contributed by atoms with Gasteiger partial charge in [0.15, 0.2) is 0 Å². The third-order valence-corrected chi connectivity index (χ3v) is 6.12. The minimum Gasteiger partial charge on any atom is -0.445 e. The van der Waals surface area contributed by atoms with Gasteiger partial charge in [0, 0.05) is 36.4 Å². The second-order valence-electron chi connectivity index (χ2n) is 7.82. The van der Waals surface area contributed by atoms with Crippen LogP contribution in [0.15, 0.2) is 60.7 Å². The lowest BCUT2D eigenvalue weighted by molar-refractivity contribution is 0.0918. The largest absolute Gasteiger partial charge is 0.445 e. The van der Waals surface area contributed by atoms with E-state index < -0.39 is 0 Å². The van der Waals surface area contributed by atoms with Gasteiger partial charge in [0.1, 0.15) is 6.61 Å². The molecule has 3 aromatic carbocycles. The summed E-state index contributed by atoms with van der Waals surface area (Å²) < 4.78 is 7.85. The van der Waals surface area contributed by atoms with Crippen molar-refractivity contribution in [3.8, 4) is 0 Å². The summed E-state index contributed by atoms with van der Waals surface area (Å²) in [6.07, 6.45) is 0.620. The van der Waals surface area contributed by atoms with Gasteiger partial charge in [-0.3, -0.25) is 0 Å². The molecular formula is C25H24N2O2. The van der Waals surface area contributed by atoms with E-state index in [4.69, 9.17) is 4.74 Å². The molecule has 146 valence electrons. The van der Waals surface area contributed by atoms with Crippen LogP contribution in [0, 0.1) is 6.92 Å². The van der Waals surface area contributed by atoms with Gasteiger partial charge in [0.2, 0.25) is 0 Å². The Labute approximate surface area is 170 Å². The first-order valence-corrected chi connectivity index (χ1v) is 10.1. The van der Waals surface area contributed by atoms with Crippen molar-refractivity contribution in [2.75, 3.05) is 6.54 Å². The topological polar surface area (TPSA) is 34.5 Å². The summed E-state index contributed by atoms with van der Waals surface area (Å²) in [6.45, 7) is 3.81. The van der Waals surface area contributed by atoms with Crippen molar-refractivity contribution in [3.63, 3.8) is 0 Å². The Morgan fingerprint density at radius 1 is 1.03 bits per heavy atom. The molecule has 29 heavy (non-hydrogen) atoms. The van der Waals surface area contributed by atoms with Gasteiger partial charge in [-0.15, -0.1) is 0 Å². The molecule has 4 aromatic rings. The number of para-hydroxylation sites is 1. The van der Waals surface area contributed by atoms with Gasteiger partial charge in [-0.25, -0.2) is 4.79 Å². The van der Waals surface area contributed by atoms with Crippen LogP contribution in [-0.4, -0.2) is 22.1 Å². The highest BCUT2D eigenvalue weighted by atomic mass is 16.6. The number of aromatic nitrogens is 1. The van der Waals surface area contributed by atoms with E-state index in [-0.39, 0.29) is 6.09 Å². The zero-order valence-electron chi connectivity index (χ0n) is 16.8. The monoisotopic (exact) mass is 384 g/mol. The lowest BCUT2D eigenvalue weighted by Gasteiger charge is -2.29. The number of benzene rings is 3. The fourth-order valence-electron chi connectivity index (χ4n) is 4.65. The normalized spacial score (nSPS) is 13.7. The number of hydrogen-bond acceptors (Lipinski definition) is 2. The van der Waals surface area contributed by atoms with E-state index in [0.29, 0.717) is 19.7 Å². The molecular weight excluding hydrogens is 360 g/mol. The van der Waals surface area contributed by atoms with Crippen molar-refractivity contribution < 1.29 is 9.53 Å². The first-order valence-electron chi connectivity index (χ1n) is 10.1. The summed E-state index contributed by atoms with van der Waals surface area (Å²) in [6, 6.07) is 20.6. The minimum absolute atomic E-state index is 0.241. The van der Waals surface area contributed by atoms with E-state index in [1.54, 1.807) is 0 Å². The molecule has 4 nitrogen and oxygen atoms in total. The van der Waals surface area contributed by atoms with Crippen molar-refractivity contribution in [1.29, 1.82) is 0 Å². The summed E-state index contributed by atoms with van der Waals surface area (Å²) in [5.74, 6) is 0. The number of carbonyl (C=O) groups is 1. The van der Waals surface area contributed by atoms with E-state index in [2.05, 4.69) is 48.9 Å². The van der Waals surface area contributed by atoms with Crippen LogP contribution in [0.5, 0.6) is 0 Å². The van der Waals surface area contributed by atoms with E-state index in [0.717, 1.165) is 12.0 Å². The lowest BCUT2D eigenvalue weighted by Crippen LogP contribution is -2.36. The van der Waals surface area contributed by atoms with Crippen molar-refractivity contribution in [3.05, 3.63) is 82.9 Å². The van der Waals surface area contributed by atoms with Crippen molar-refractivity contribution >= 4 is 27.9 Å². The Bertz CT molecular complexity index is 1220. The van der Waals surface area contributed by atoms with Crippen LogP contribution >= 0.6 is 0 Å². The van der Waals surface area contributed by atoms with Gasteiger partial charge in [-0.1, -0.05) is 48.5 Å². The van der Waals surface area contributed by atoms with E-state index in [1.807, 2.05) is 35.2 Å². The number of fused-ring (bicyclic) bond motifs is 4. The molecule has 0 saturated heterocycles. The number of rotatable bonds is 2. The maximum absolute atomic E-state index is 12.6. The molecule has 5 rings (SSSR count). The molecule has 0 saturated carbocycles. The predicted octanol–water partition coefficient (Wildman–Crippen LogP) is 5.33. The molecule has 1 aliphatic rings. The summed E-state index contributed by atoms with van der Waals surface area (Å²) in [5.41, 5.74) is 7.47. The summed E-state index contributed by atoms with van der Waals surface area (Å²) >= 11 is 0. The van der Waals surface area contributed by atoms with Gasteiger partial charge in [0.25, 0.3) is 0 Å². The Balaban J connectivity index is 1.45. The zero-order valence-corrected chi connectivity index (χ0v) is 16.8. The van der Waals surface area contributed by atoms with Crippen molar-refractivity contribution in [1.82, 2.24) is 9.47 Å². The lowest BCUT2D eigenvalue weighted by atomic mass is 9.92. The molecule has 4 heteroatoms. The zero-order chi connectivity index (χ0) is 20.0. The van der Waals surface area contributed by atoms with Crippen LogP contribution in [0.1, 0.15) is 22.3 Å². The quantitative estimate of drug-likeness (QED) is 0.468. The van der Waals surface area contributed by atoms with Gasteiger partial charge < -0.3 is 14.2 Å². The van der Waals surface area contributed by atoms with Crippen molar-refractivity contribution in [2.24, 2.45) is 7.05 Å². The molecule has 0 bridgehead atoms. The summed E-state index contributed by atoms with van der Waals surface area (Å²) in [4.78, 5) is 14.5. The fourth-order valence-corrected chi connectivity index (χ4v) is 4.65. The summed E-state index contributed by atoms with van der Waals surface area (Å²) in [5, 5.41) is 2.53. The molecule has 1 aromatic heterocycles. The van der Waals surface area contributed by atoms with Crippen LogP contribution in [0.2, 0.25) is 0 Å². The minimum atomic E-state index is -0.241. The van der Waals surface area contributed by atoms with Crippen LogP contribution < -0.4 is 0 Å². The number of nitrogens with zero attached hydrogens (tertiary/aromatic N) is 2. The molecule has 0 aliphatic carbocycles. The molecule has 1 amide bonds. The Hall–Kier alpha value is -3.27. The molecule has 2 heterocycles. The summed E-state index contributed by atoms with van der Waals surface area (Å²) in [7, 11) is 2.14. The third kappa shape index (κ3) is 2.96. The molecule has 0 radical (unpaired) electrons. The smallest absolute Gasteiger partial charge is 0.410 e.